The van der Waals surface area contributed by atoms with Crippen LogP contribution in [0.3, 0.4) is 0 Å². The average Bonchev–Trinajstić information content (AvgIpc) is 2.84. The minimum absolute atomic E-state index is 0.0238. The molecule has 2 N–H and O–H groups in total. The molecule has 1 heterocycles. The minimum Gasteiger partial charge on any atom is -0.488 e. The first kappa shape index (κ1) is 28.5. The van der Waals surface area contributed by atoms with Crippen LogP contribution in [0, 0.1) is 17.0 Å². The van der Waals surface area contributed by atoms with Gasteiger partial charge in [-0.25, -0.2) is 26.4 Å². The smallest absolute Gasteiger partial charge is 0.335 e. The Kier molecular flexibility index (Phi) is 8.85. The lowest BCUT2D eigenvalue weighted by molar-refractivity contribution is -0.131. The van der Waals surface area contributed by atoms with Gasteiger partial charge in [-0.15, -0.1) is 0 Å². The third-order valence-electron chi connectivity index (χ3n) is 6.29. The second-order valence-corrected chi connectivity index (χ2v) is 11.4. The molecule has 0 unspecified atom stereocenters. The van der Waals surface area contributed by atoms with Crippen LogP contribution >= 0.6 is 0 Å². The second-order valence-electron chi connectivity index (χ2n) is 9.46. The number of hydrogen-bond donors (Lipinski definition) is 2. The predicted octanol–water partition coefficient (Wildman–Crippen LogP) is 3.77. The van der Waals surface area contributed by atoms with Gasteiger partial charge in [0.2, 0.25) is 15.9 Å². The second kappa shape index (κ2) is 11.5. The van der Waals surface area contributed by atoms with Gasteiger partial charge >= 0.3 is 5.97 Å². The Labute approximate surface area is 213 Å². The van der Waals surface area contributed by atoms with E-state index >= 15 is 0 Å². The maximum absolute atomic E-state index is 14.9. The summed E-state index contributed by atoms with van der Waals surface area (Å²) in [5, 5.41) is 11.6. The molecule has 0 aromatic heterocycles. The van der Waals surface area contributed by atoms with E-state index in [2.05, 4.69) is 5.32 Å². The van der Waals surface area contributed by atoms with Crippen molar-refractivity contribution in [1.82, 2.24) is 9.62 Å². The molecule has 37 heavy (non-hydrogen) atoms. The first-order valence-electron chi connectivity index (χ1n) is 11.7. The van der Waals surface area contributed by atoms with Gasteiger partial charge in [0.15, 0.2) is 17.4 Å². The number of carbonyl (C=O) groups is 2. The number of alkyl halides is 1. The molecule has 2 aromatic carbocycles. The molecule has 1 saturated heterocycles. The van der Waals surface area contributed by atoms with Crippen LogP contribution in [0.25, 0.3) is 0 Å². The lowest BCUT2D eigenvalue weighted by Gasteiger charge is -2.36. The SMILES string of the molecule is CC(C)(CCCOc1c(F)cccc1F)C(=O)N[C@@H]1CCN(S(=O)(=O)c2ccc(C(=O)O)cc2)C[C@H]1F. The Morgan fingerprint density at radius 1 is 1.14 bits per heavy atom. The fraction of sp³-hybridized carbons (Fsp3) is 0.440. The van der Waals surface area contributed by atoms with E-state index in [9.17, 15) is 31.2 Å². The van der Waals surface area contributed by atoms with Crippen molar-refractivity contribution in [3.8, 4) is 5.75 Å². The van der Waals surface area contributed by atoms with Gasteiger partial charge in [0.25, 0.3) is 0 Å². The maximum Gasteiger partial charge on any atom is 0.335 e. The molecule has 1 aliphatic rings. The fourth-order valence-corrected chi connectivity index (χ4v) is 5.43. The Morgan fingerprint density at radius 2 is 1.76 bits per heavy atom. The number of hydrogen-bond acceptors (Lipinski definition) is 5. The third-order valence-corrected chi connectivity index (χ3v) is 8.17. The standard InChI is InChI=1S/C25H29F3N2O6S/c1-25(2,12-4-14-36-22-18(26)5-3-6-19(22)27)24(33)29-21-11-13-30(15-20(21)28)37(34,35)17-9-7-16(8-10-17)23(31)32/h3,5-10,20-21H,4,11-15H2,1-2H3,(H,29,33)(H,31,32)/t20-,21-/m1/s1. The van der Waals surface area contributed by atoms with Crippen molar-refractivity contribution >= 4 is 21.9 Å². The number of nitrogens with zero attached hydrogens (tertiary/aromatic N) is 1. The number of carbonyl (C=O) groups excluding carboxylic acids is 1. The van der Waals surface area contributed by atoms with Crippen LogP contribution in [0.5, 0.6) is 5.75 Å². The molecule has 2 aromatic rings. The van der Waals surface area contributed by atoms with E-state index in [0.29, 0.717) is 12.8 Å². The summed E-state index contributed by atoms with van der Waals surface area (Å²) in [6.07, 6.45) is -1.00. The van der Waals surface area contributed by atoms with E-state index < -0.39 is 63.5 Å². The number of benzene rings is 2. The highest BCUT2D eigenvalue weighted by atomic mass is 32.2. The summed E-state index contributed by atoms with van der Waals surface area (Å²) in [6.45, 7) is 2.79. The van der Waals surface area contributed by atoms with Crippen LogP contribution in [-0.2, 0) is 14.8 Å². The summed E-state index contributed by atoms with van der Waals surface area (Å²) in [4.78, 5) is 23.7. The van der Waals surface area contributed by atoms with Crippen molar-refractivity contribution in [3.05, 3.63) is 59.7 Å². The number of ether oxygens (including phenoxy) is 1. The van der Waals surface area contributed by atoms with Crippen LogP contribution < -0.4 is 10.1 Å². The summed E-state index contributed by atoms with van der Waals surface area (Å²) < 4.78 is 74.1. The molecular weight excluding hydrogens is 513 g/mol. The Hall–Kier alpha value is -3.12. The Bertz CT molecular complexity index is 1220. The number of sulfonamides is 1. The van der Waals surface area contributed by atoms with Crippen LogP contribution in [0.2, 0.25) is 0 Å². The number of halogens is 3. The molecule has 202 valence electrons. The van der Waals surface area contributed by atoms with Gasteiger partial charge in [0, 0.05) is 18.5 Å². The van der Waals surface area contributed by atoms with Crippen LogP contribution in [0.4, 0.5) is 13.2 Å². The predicted molar refractivity (Wildman–Crippen MR) is 128 cm³/mol. The minimum atomic E-state index is -4.04. The molecule has 12 heteroatoms. The molecule has 1 aliphatic heterocycles. The van der Waals surface area contributed by atoms with Gasteiger partial charge in [-0.1, -0.05) is 19.9 Å². The number of aromatic carboxylic acids is 1. The molecule has 0 spiro atoms. The molecule has 0 bridgehead atoms. The zero-order chi connectivity index (χ0) is 27.4. The molecule has 1 amide bonds. The van der Waals surface area contributed by atoms with E-state index in [0.717, 1.165) is 40.7 Å². The van der Waals surface area contributed by atoms with E-state index in [1.165, 1.54) is 6.07 Å². The zero-order valence-corrected chi connectivity index (χ0v) is 21.2. The fourth-order valence-electron chi connectivity index (χ4n) is 3.96. The summed E-state index contributed by atoms with van der Waals surface area (Å²) in [5.74, 6) is -3.76. The van der Waals surface area contributed by atoms with Gasteiger partial charge in [0.05, 0.1) is 23.1 Å². The van der Waals surface area contributed by atoms with Gasteiger partial charge in [-0.05, 0) is 55.7 Å². The molecule has 2 atom stereocenters. The lowest BCUT2D eigenvalue weighted by atomic mass is 9.86. The first-order valence-corrected chi connectivity index (χ1v) is 13.1. The van der Waals surface area contributed by atoms with Gasteiger partial charge in [-0.2, -0.15) is 4.31 Å². The van der Waals surface area contributed by atoms with Crippen molar-refractivity contribution in [3.63, 3.8) is 0 Å². The van der Waals surface area contributed by atoms with Crippen LogP contribution in [0.15, 0.2) is 47.4 Å². The molecule has 1 fully saturated rings. The number of para-hydroxylation sites is 1. The van der Waals surface area contributed by atoms with Gasteiger partial charge < -0.3 is 15.2 Å². The highest BCUT2D eigenvalue weighted by Gasteiger charge is 2.38. The maximum atomic E-state index is 14.9. The van der Waals surface area contributed by atoms with Gasteiger partial charge in [0.1, 0.15) is 6.17 Å². The number of rotatable bonds is 10. The van der Waals surface area contributed by atoms with E-state index in [1.807, 2.05) is 0 Å². The Balaban J connectivity index is 1.52. The van der Waals surface area contributed by atoms with E-state index in [4.69, 9.17) is 9.84 Å². The van der Waals surface area contributed by atoms with Crippen molar-refractivity contribution in [2.75, 3.05) is 19.7 Å². The molecule has 0 aliphatic carbocycles. The summed E-state index contributed by atoms with van der Waals surface area (Å²) in [5.41, 5.74) is -1.01. The monoisotopic (exact) mass is 542 g/mol. The average molecular weight is 543 g/mol. The largest absolute Gasteiger partial charge is 0.488 e. The number of nitrogens with one attached hydrogen (secondary N) is 1. The van der Waals surface area contributed by atoms with Crippen LogP contribution in [0.1, 0.15) is 43.5 Å². The number of carboxylic acids is 1. The highest BCUT2D eigenvalue weighted by Crippen LogP contribution is 2.27. The summed E-state index contributed by atoms with van der Waals surface area (Å²) >= 11 is 0. The van der Waals surface area contributed by atoms with Crippen molar-refractivity contribution in [2.24, 2.45) is 5.41 Å². The third kappa shape index (κ3) is 6.80. The molecule has 3 rings (SSSR count). The first-order chi connectivity index (χ1) is 17.3. The number of amides is 1. The van der Waals surface area contributed by atoms with Crippen molar-refractivity contribution in [2.45, 2.75) is 50.2 Å². The molecule has 8 nitrogen and oxygen atoms in total. The van der Waals surface area contributed by atoms with E-state index in [1.54, 1.807) is 13.8 Å². The quantitative estimate of drug-likeness (QED) is 0.442. The van der Waals surface area contributed by atoms with Crippen molar-refractivity contribution < 1.29 is 41.0 Å². The van der Waals surface area contributed by atoms with E-state index in [-0.39, 0.29) is 30.0 Å². The normalized spacial score (nSPS) is 18.8. The van der Waals surface area contributed by atoms with Crippen LogP contribution in [-0.4, -0.2) is 61.6 Å². The molecule has 0 saturated carbocycles. The summed E-state index contributed by atoms with van der Waals surface area (Å²) in [7, 11) is -4.04. The molecular formula is C25H29F3N2O6S. The zero-order valence-electron chi connectivity index (χ0n) is 20.4. The van der Waals surface area contributed by atoms with Gasteiger partial charge in [-0.3, -0.25) is 4.79 Å². The number of carboxylic acid groups (broad SMARTS) is 1. The van der Waals surface area contributed by atoms with Crippen molar-refractivity contribution in [1.29, 1.82) is 0 Å². The number of piperidine rings is 1. The Morgan fingerprint density at radius 3 is 2.32 bits per heavy atom. The summed E-state index contributed by atoms with van der Waals surface area (Å²) in [6, 6.07) is 7.13. The highest BCUT2D eigenvalue weighted by molar-refractivity contribution is 7.89. The molecule has 0 radical (unpaired) electrons. The topological polar surface area (TPSA) is 113 Å². The lowest BCUT2D eigenvalue weighted by Crippen LogP contribution is -2.55.